The number of hydrogen-bond acceptors (Lipinski definition) is 4. The number of methoxy groups -OCH3 is 1. The van der Waals surface area contributed by atoms with E-state index in [1.807, 2.05) is 30.3 Å². The van der Waals surface area contributed by atoms with Gasteiger partial charge >= 0.3 is 5.97 Å². The van der Waals surface area contributed by atoms with E-state index >= 15 is 0 Å². The van der Waals surface area contributed by atoms with Crippen LogP contribution in [0.25, 0.3) is 0 Å². The Morgan fingerprint density at radius 1 is 1.32 bits per heavy atom. The number of nitrogens with zero attached hydrogens (tertiary/aromatic N) is 2. The van der Waals surface area contributed by atoms with Gasteiger partial charge in [0, 0.05) is 5.54 Å². The molecular formula is C15H20N2O2. The topological polar surface area (TPSA) is 41.9 Å². The summed E-state index contributed by atoms with van der Waals surface area (Å²) in [6.45, 7) is 6.79. The van der Waals surface area contributed by atoms with Gasteiger partial charge in [-0.15, -0.1) is 0 Å². The Morgan fingerprint density at radius 2 is 1.95 bits per heavy atom. The fraction of sp³-hybridized carbons (Fsp3) is 0.467. The van der Waals surface area contributed by atoms with Crippen molar-refractivity contribution in [3.63, 3.8) is 0 Å². The molecule has 1 aliphatic rings. The molecule has 102 valence electrons. The van der Waals surface area contributed by atoms with Crippen molar-refractivity contribution in [2.45, 2.75) is 31.8 Å². The van der Waals surface area contributed by atoms with Gasteiger partial charge in [-0.1, -0.05) is 30.3 Å². The molecule has 1 aromatic carbocycles. The van der Waals surface area contributed by atoms with Crippen LogP contribution in [0.15, 0.2) is 35.3 Å². The SMILES string of the molecule is COC(=O)C1(c2ccccc2)CN(C(C)(C)C)C=N1. The first-order valence-corrected chi connectivity index (χ1v) is 6.36. The van der Waals surface area contributed by atoms with E-state index in [0.717, 1.165) is 5.56 Å². The second-order valence-corrected chi connectivity index (χ2v) is 5.76. The zero-order chi connectivity index (χ0) is 14.1. The number of esters is 1. The average molecular weight is 260 g/mol. The van der Waals surface area contributed by atoms with Crippen molar-refractivity contribution in [2.24, 2.45) is 4.99 Å². The van der Waals surface area contributed by atoms with E-state index in [1.54, 1.807) is 6.34 Å². The van der Waals surface area contributed by atoms with Gasteiger partial charge in [-0.3, -0.25) is 4.99 Å². The van der Waals surface area contributed by atoms with Crippen molar-refractivity contribution < 1.29 is 9.53 Å². The Hall–Kier alpha value is -1.84. The van der Waals surface area contributed by atoms with E-state index in [1.165, 1.54) is 7.11 Å². The maximum absolute atomic E-state index is 12.2. The molecule has 0 N–H and O–H groups in total. The van der Waals surface area contributed by atoms with E-state index in [9.17, 15) is 4.79 Å². The van der Waals surface area contributed by atoms with Gasteiger partial charge in [0.25, 0.3) is 0 Å². The molecular weight excluding hydrogens is 240 g/mol. The molecule has 1 atom stereocenters. The molecule has 1 heterocycles. The summed E-state index contributed by atoms with van der Waals surface area (Å²) in [7, 11) is 1.41. The first kappa shape index (κ1) is 13.6. The van der Waals surface area contributed by atoms with Crippen molar-refractivity contribution in [2.75, 3.05) is 13.7 Å². The predicted octanol–water partition coefficient (Wildman–Crippen LogP) is 2.20. The highest BCUT2D eigenvalue weighted by atomic mass is 16.5. The second-order valence-electron chi connectivity index (χ2n) is 5.76. The van der Waals surface area contributed by atoms with Gasteiger partial charge in [-0.25, -0.2) is 4.79 Å². The molecule has 0 radical (unpaired) electrons. The maximum atomic E-state index is 12.2. The molecule has 0 aliphatic carbocycles. The number of hydrogen-bond donors (Lipinski definition) is 0. The van der Waals surface area contributed by atoms with Gasteiger partial charge in [-0.05, 0) is 26.3 Å². The maximum Gasteiger partial charge on any atom is 0.340 e. The minimum Gasteiger partial charge on any atom is -0.467 e. The third kappa shape index (κ3) is 2.35. The minimum atomic E-state index is -0.941. The summed E-state index contributed by atoms with van der Waals surface area (Å²) in [5.41, 5.74) is -0.151. The van der Waals surface area contributed by atoms with E-state index in [0.29, 0.717) is 6.54 Å². The molecule has 0 amide bonds. The van der Waals surface area contributed by atoms with E-state index in [-0.39, 0.29) is 11.5 Å². The first-order valence-electron chi connectivity index (χ1n) is 6.36. The molecule has 4 heteroatoms. The van der Waals surface area contributed by atoms with Crippen LogP contribution >= 0.6 is 0 Å². The van der Waals surface area contributed by atoms with Crippen molar-refractivity contribution in [3.8, 4) is 0 Å². The molecule has 0 saturated heterocycles. The standard InChI is InChI=1S/C15H20N2O2/c1-14(2,3)17-10-15(16-11-17,13(18)19-4)12-8-6-5-7-9-12/h5-9,11H,10H2,1-4H3. The Balaban J connectivity index is 2.41. The number of carbonyl (C=O) groups is 1. The first-order chi connectivity index (χ1) is 8.90. The van der Waals surface area contributed by atoms with E-state index < -0.39 is 5.54 Å². The second kappa shape index (κ2) is 4.68. The average Bonchev–Trinajstić information content (AvgIpc) is 2.85. The monoisotopic (exact) mass is 260 g/mol. The summed E-state index contributed by atoms with van der Waals surface area (Å²) in [4.78, 5) is 18.8. The van der Waals surface area contributed by atoms with Crippen LogP contribution in [0.1, 0.15) is 26.3 Å². The highest BCUT2D eigenvalue weighted by molar-refractivity contribution is 5.87. The normalized spacial score (nSPS) is 22.6. The fourth-order valence-electron chi connectivity index (χ4n) is 2.19. The van der Waals surface area contributed by atoms with Gasteiger partial charge in [0.15, 0.2) is 0 Å². The van der Waals surface area contributed by atoms with Crippen molar-refractivity contribution in [1.29, 1.82) is 0 Å². The molecule has 19 heavy (non-hydrogen) atoms. The molecule has 1 aromatic rings. The highest BCUT2D eigenvalue weighted by Crippen LogP contribution is 2.34. The van der Waals surface area contributed by atoms with Crippen LogP contribution in [0.4, 0.5) is 0 Å². The zero-order valence-electron chi connectivity index (χ0n) is 11.9. The number of aliphatic imine (C=N–C) groups is 1. The van der Waals surface area contributed by atoms with Crippen LogP contribution in [0.2, 0.25) is 0 Å². The number of carbonyl (C=O) groups excluding carboxylic acids is 1. The Labute approximate surface area is 114 Å². The minimum absolute atomic E-state index is 0.0753. The molecule has 1 unspecified atom stereocenters. The van der Waals surface area contributed by atoms with Gasteiger partial charge < -0.3 is 9.64 Å². The molecule has 0 spiro atoms. The number of ether oxygens (including phenoxy) is 1. The lowest BCUT2D eigenvalue weighted by Gasteiger charge is -2.34. The van der Waals surface area contributed by atoms with E-state index in [4.69, 9.17) is 4.74 Å². The summed E-state index contributed by atoms with van der Waals surface area (Å²) in [6, 6.07) is 9.58. The lowest BCUT2D eigenvalue weighted by Crippen LogP contribution is -2.46. The van der Waals surface area contributed by atoms with Crippen molar-refractivity contribution >= 4 is 12.3 Å². The zero-order valence-corrected chi connectivity index (χ0v) is 11.9. The third-order valence-electron chi connectivity index (χ3n) is 3.45. The van der Waals surface area contributed by atoms with Crippen molar-refractivity contribution in [3.05, 3.63) is 35.9 Å². The van der Waals surface area contributed by atoms with Crippen LogP contribution in [0, 0.1) is 0 Å². The Bertz CT molecular complexity index is 491. The lowest BCUT2D eigenvalue weighted by molar-refractivity contribution is -0.147. The Morgan fingerprint density at radius 3 is 2.42 bits per heavy atom. The quantitative estimate of drug-likeness (QED) is 0.765. The molecule has 1 aliphatic heterocycles. The lowest BCUT2D eigenvalue weighted by atomic mass is 9.90. The molecule has 0 aromatic heterocycles. The summed E-state index contributed by atoms with van der Waals surface area (Å²) < 4.78 is 4.97. The molecule has 0 fully saturated rings. The van der Waals surface area contributed by atoms with Crippen LogP contribution in [-0.4, -0.2) is 36.4 Å². The summed E-state index contributed by atoms with van der Waals surface area (Å²) in [5, 5.41) is 0. The van der Waals surface area contributed by atoms with Crippen LogP contribution < -0.4 is 0 Å². The highest BCUT2D eigenvalue weighted by Gasteiger charge is 2.47. The van der Waals surface area contributed by atoms with Gasteiger partial charge in [-0.2, -0.15) is 0 Å². The number of rotatable bonds is 2. The molecule has 0 bridgehead atoms. The predicted molar refractivity (Wildman–Crippen MR) is 75.1 cm³/mol. The molecule has 4 nitrogen and oxygen atoms in total. The van der Waals surface area contributed by atoms with Gasteiger partial charge in [0.05, 0.1) is 20.0 Å². The van der Waals surface area contributed by atoms with Crippen molar-refractivity contribution in [1.82, 2.24) is 4.90 Å². The van der Waals surface area contributed by atoms with Crippen LogP contribution in [0.3, 0.4) is 0 Å². The summed E-state index contributed by atoms with van der Waals surface area (Å²) >= 11 is 0. The van der Waals surface area contributed by atoms with Crippen LogP contribution in [0.5, 0.6) is 0 Å². The molecule has 0 saturated carbocycles. The third-order valence-corrected chi connectivity index (χ3v) is 3.45. The Kier molecular flexibility index (Phi) is 3.35. The molecule has 2 rings (SSSR count). The fourth-order valence-corrected chi connectivity index (χ4v) is 2.19. The summed E-state index contributed by atoms with van der Waals surface area (Å²) in [5.74, 6) is -0.318. The smallest absolute Gasteiger partial charge is 0.340 e. The largest absolute Gasteiger partial charge is 0.467 e. The van der Waals surface area contributed by atoms with Gasteiger partial charge in [0.1, 0.15) is 0 Å². The van der Waals surface area contributed by atoms with Crippen LogP contribution in [-0.2, 0) is 15.1 Å². The number of benzene rings is 1. The van der Waals surface area contributed by atoms with Gasteiger partial charge in [0.2, 0.25) is 5.54 Å². The summed E-state index contributed by atoms with van der Waals surface area (Å²) in [6.07, 6.45) is 1.75. The van der Waals surface area contributed by atoms with E-state index in [2.05, 4.69) is 30.7 Å².